The molecule has 0 radical (unpaired) electrons. The largest absolute Gasteiger partial charge is 0.494 e. The van der Waals surface area contributed by atoms with Crippen molar-refractivity contribution in [3.63, 3.8) is 0 Å². The maximum Gasteiger partial charge on any atom is 0.259 e. The van der Waals surface area contributed by atoms with Crippen LogP contribution in [-0.4, -0.2) is 22.3 Å². The number of ether oxygens (including phenoxy) is 2. The van der Waals surface area contributed by atoms with E-state index < -0.39 is 0 Å². The molecule has 0 aliphatic carbocycles. The van der Waals surface area contributed by atoms with E-state index in [1.165, 1.54) is 0 Å². The van der Waals surface area contributed by atoms with Gasteiger partial charge in [0.2, 0.25) is 0 Å². The molecule has 46 heavy (non-hydrogen) atoms. The molecule has 0 spiro atoms. The number of hydrogen-bond donors (Lipinski definition) is 0. The van der Waals surface area contributed by atoms with Crippen LogP contribution in [0, 0.1) is 13.8 Å². The van der Waals surface area contributed by atoms with E-state index in [1.807, 2.05) is 125 Å². The van der Waals surface area contributed by atoms with E-state index in [0.717, 1.165) is 44.9 Å². The van der Waals surface area contributed by atoms with E-state index in [1.54, 1.807) is 23.2 Å². The van der Waals surface area contributed by atoms with Crippen molar-refractivity contribution in [2.45, 2.75) is 27.7 Å². The molecule has 2 heterocycles. The summed E-state index contributed by atoms with van der Waals surface area (Å²) in [5.41, 5.74) is 7.83. The van der Waals surface area contributed by atoms with Crippen LogP contribution in [0.4, 0.5) is 0 Å². The maximum absolute atomic E-state index is 14.7. The van der Waals surface area contributed by atoms with Crippen LogP contribution in [0.1, 0.15) is 25.0 Å². The number of aromatic nitrogens is 2. The summed E-state index contributed by atoms with van der Waals surface area (Å²) < 4.78 is 14.9. The first kappa shape index (κ1) is 30.7. The van der Waals surface area contributed by atoms with E-state index in [9.17, 15) is 9.59 Å². The van der Waals surface area contributed by atoms with Gasteiger partial charge < -0.3 is 18.6 Å². The maximum atomic E-state index is 14.7. The molecule has 0 atom stereocenters. The molecule has 4 aromatic carbocycles. The van der Waals surface area contributed by atoms with Crippen LogP contribution in [0.2, 0.25) is 0 Å². The average Bonchev–Trinajstić information content (AvgIpc) is 3.06. The summed E-state index contributed by atoms with van der Waals surface area (Å²) in [6, 6.07) is 31.6. The fourth-order valence-corrected chi connectivity index (χ4v) is 6.22. The number of rotatable bonds is 8. The van der Waals surface area contributed by atoms with Crippen molar-refractivity contribution in [1.82, 2.24) is 9.13 Å². The first-order chi connectivity index (χ1) is 22.2. The van der Waals surface area contributed by atoms with E-state index >= 15 is 0 Å². The Morgan fingerprint density at radius 1 is 0.478 bits per heavy atom. The molecule has 0 unspecified atom stereocenters. The number of benzene rings is 4. The van der Waals surface area contributed by atoms with Gasteiger partial charge in [-0.25, -0.2) is 0 Å². The standard InChI is InChI=1S/C40H38N2O4/c1-7-45-31-21-17-27(18-22-31)33-35-36(40(44)41(5)37(33)29-13-9-25(3)10-14-29)34(28-19-23-32(24-20-28)46-8-2)38(42(6)39(35)43)30-15-11-26(4)12-16-30/h9-24H,7-8H2,1-6H3. The molecule has 0 fully saturated rings. The van der Waals surface area contributed by atoms with Gasteiger partial charge in [-0.15, -0.1) is 0 Å². The first-order valence-corrected chi connectivity index (χ1v) is 15.6. The van der Waals surface area contributed by atoms with E-state index in [-0.39, 0.29) is 11.1 Å². The van der Waals surface area contributed by atoms with Gasteiger partial charge in [-0.1, -0.05) is 83.9 Å². The third-order valence-corrected chi connectivity index (χ3v) is 8.49. The molecule has 0 saturated carbocycles. The Morgan fingerprint density at radius 2 is 0.783 bits per heavy atom. The van der Waals surface area contributed by atoms with E-state index in [2.05, 4.69) is 0 Å². The first-order valence-electron chi connectivity index (χ1n) is 15.6. The van der Waals surface area contributed by atoms with Crippen LogP contribution >= 0.6 is 0 Å². The highest BCUT2D eigenvalue weighted by atomic mass is 16.5. The molecule has 0 saturated heterocycles. The topological polar surface area (TPSA) is 62.5 Å². The van der Waals surface area contributed by atoms with Crippen molar-refractivity contribution in [2.24, 2.45) is 14.1 Å². The van der Waals surface area contributed by atoms with Crippen molar-refractivity contribution < 1.29 is 9.47 Å². The minimum atomic E-state index is -0.241. The molecule has 0 bridgehead atoms. The summed E-state index contributed by atoms with van der Waals surface area (Å²) in [5.74, 6) is 1.48. The van der Waals surface area contributed by atoms with Crippen LogP contribution in [0.3, 0.4) is 0 Å². The number of fused-ring (bicyclic) bond motifs is 1. The van der Waals surface area contributed by atoms with Crippen molar-refractivity contribution in [3.8, 4) is 56.3 Å². The number of hydrogen-bond acceptors (Lipinski definition) is 4. The highest BCUT2D eigenvalue weighted by molar-refractivity contribution is 6.10. The lowest BCUT2D eigenvalue weighted by Crippen LogP contribution is -2.28. The fourth-order valence-electron chi connectivity index (χ4n) is 6.22. The molecule has 6 rings (SSSR count). The predicted octanol–water partition coefficient (Wildman–Crippen LogP) is 8.32. The van der Waals surface area contributed by atoms with Gasteiger partial charge in [0.1, 0.15) is 11.5 Å². The van der Waals surface area contributed by atoms with Crippen LogP contribution in [0.25, 0.3) is 55.5 Å². The Balaban J connectivity index is 1.82. The van der Waals surface area contributed by atoms with Gasteiger partial charge in [0, 0.05) is 25.2 Å². The minimum absolute atomic E-state index is 0.241. The van der Waals surface area contributed by atoms with E-state index in [0.29, 0.717) is 46.5 Å². The van der Waals surface area contributed by atoms with Crippen molar-refractivity contribution in [1.29, 1.82) is 0 Å². The summed E-state index contributed by atoms with van der Waals surface area (Å²) in [4.78, 5) is 29.5. The van der Waals surface area contributed by atoms with Gasteiger partial charge in [-0.2, -0.15) is 0 Å². The van der Waals surface area contributed by atoms with Crippen LogP contribution in [-0.2, 0) is 14.1 Å². The summed E-state index contributed by atoms with van der Waals surface area (Å²) in [7, 11) is 3.58. The molecular formula is C40H38N2O4. The highest BCUT2D eigenvalue weighted by Crippen LogP contribution is 2.42. The summed E-state index contributed by atoms with van der Waals surface area (Å²) in [6.07, 6.45) is 0. The molecule has 0 aliphatic rings. The zero-order chi connectivity index (χ0) is 32.5. The molecule has 6 nitrogen and oxygen atoms in total. The van der Waals surface area contributed by atoms with Gasteiger partial charge in [0.25, 0.3) is 11.1 Å². The molecule has 0 N–H and O–H groups in total. The van der Waals surface area contributed by atoms with Crippen LogP contribution in [0.5, 0.6) is 11.5 Å². The highest BCUT2D eigenvalue weighted by Gasteiger charge is 2.27. The van der Waals surface area contributed by atoms with Crippen molar-refractivity contribution in [3.05, 3.63) is 129 Å². The number of aryl methyl sites for hydroxylation is 2. The lowest BCUT2D eigenvalue weighted by molar-refractivity contribution is 0.340. The number of nitrogens with zero attached hydrogens (tertiary/aromatic N) is 2. The van der Waals surface area contributed by atoms with Gasteiger partial charge in [-0.3, -0.25) is 9.59 Å². The second-order valence-corrected chi connectivity index (χ2v) is 11.6. The third kappa shape index (κ3) is 5.40. The zero-order valence-corrected chi connectivity index (χ0v) is 27.2. The Hall–Kier alpha value is -5.36. The normalized spacial score (nSPS) is 11.2. The molecule has 6 heteroatoms. The lowest BCUT2D eigenvalue weighted by atomic mass is 9.88. The Labute approximate surface area is 269 Å². The summed E-state index contributed by atoms with van der Waals surface area (Å²) >= 11 is 0. The summed E-state index contributed by atoms with van der Waals surface area (Å²) in [6.45, 7) is 9.04. The zero-order valence-electron chi connectivity index (χ0n) is 27.2. The third-order valence-electron chi connectivity index (χ3n) is 8.49. The van der Waals surface area contributed by atoms with Crippen molar-refractivity contribution in [2.75, 3.05) is 13.2 Å². The predicted molar refractivity (Wildman–Crippen MR) is 188 cm³/mol. The van der Waals surface area contributed by atoms with Crippen LogP contribution in [0.15, 0.2) is 107 Å². The minimum Gasteiger partial charge on any atom is -0.494 e. The fraction of sp³-hybridized carbons (Fsp3) is 0.200. The Morgan fingerprint density at radius 3 is 1.09 bits per heavy atom. The Bertz CT molecular complexity index is 2000. The quantitative estimate of drug-likeness (QED) is 0.174. The Kier molecular flexibility index (Phi) is 8.37. The molecular weight excluding hydrogens is 572 g/mol. The second kappa shape index (κ2) is 12.6. The smallest absolute Gasteiger partial charge is 0.259 e. The molecule has 2 aromatic heterocycles. The van der Waals surface area contributed by atoms with E-state index in [4.69, 9.17) is 9.47 Å². The average molecular weight is 611 g/mol. The van der Waals surface area contributed by atoms with Gasteiger partial charge in [0.15, 0.2) is 0 Å². The van der Waals surface area contributed by atoms with Gasteiger partial charge >= 0.3 is 0 Å². The molecule has 0 amide bonds. The van der Waals surface area contributed by atoms with Gasteiger partial charge in [0.05, 0.1) is 35.4 Å². The van der Waals surface area contributed by atoms with Crippen LogP contribution < -0.4 is 20.6 Å². The monoisotopic (exact) mass is 610 g/mol. The second-order valence-electron chi connectivity index (χ2n) is 11.6. The lowest BCUT2D eigenvalue weighted by Gasteiger charge is -2.23. The van der Waals surface area contributed by atoms with Crippen molar-refractivity contribution >= 4 is 10.8 Å². The molecule has 0 aliphatic heterocycles. The van der Waals surface area contributed by atoms with Gasteiger partial charge in [-0.05, 0) is 74.2 Å². The molecule has 6 aromatic rings. The SMILES string of the molecule is CCOc1ccc(-c2c(-c3ccc(C)cc3)n(C)c(=O)c3c(-c4ccc(OCC)cc4)c(-c4ccc(C)cc4)n(C)c(=O)c23)cc1. The number of pyridine rings is 2. The molecule has 232 valence electrons. The summed E-state index contributed by atoms with van der Waals surface area (Å²) in [5, 5.41) is 0.759.